The van der Waals surface area contributed by atoms with E-state index in [0.29, 0.717) is 68.0 Å². The zero-order chi connectivity index (χ0) is 23.9. The van der Waals surface area contributed by atoms with E-state index in [2.05, 4.69) is 4.98 Å². The number of nitrogens with two attached hydrogens (primary N) is 2. The van der Waals surface area contributed by atoms with Crippen LogP contribution in [0.3, 0.4) is 0 Å². The molecule has 0 spiro atoms. The van der Waals surface area contributed by atoms with Crippen LogP contribution in [0, 0.1) is 5.82 Å². The van der Waals surface area contributed by atoms with E-state index < -0.39 is 5.82 Å². The molecule has 1 atom stereocenters. The molecule has 4 rings (SSSR count). The molecule has 34 heavy (non-hydrogen) atoms. The van der Waals surface area contributed by atoms with Gasteiger partial charge in [0.1, 0.15) is 24.3 Å². The van der Waals surface area contributed by atoms with Gasteiger partial charge in [-0.1, -0.05) is 6.07 Å². The molecule has 2 aromatic carbocycles. The summed E-state index contributed by atoms with van der Waals surface area (Å²) in [6, 6.07) is 11.8. The maximum absolute atomic E-state index is 14.5. The average molecular weight is 470 g/mol. The third-order valence-electron chi connectivity index (χ3n) is 5.37. The molecule has 1 aliphatic rings. The van der Waals surface area contributed by atoms with Crippen molar-refractivity contribution in [1.29, 1.82) is 0 Å². The lowest BCUT2D eigenvalue weighted by Gasteiger charge is -2.22. The van der Waals surface area contributed by atoms with E-state index in [1.165, 1.54) is 6.07 Å². The van der Waals surface area contributed by atoms with Crippen LogP contribution < -0.4 is 20.9 Å². The molecule has 0 aliphatic carbocycles. The van der Waals surface area contributed by atoms with Crippen LogP contribution in [0.25, 0.3) is 22.3 Å². The third kappa shape index (κ3) is 5.74. The number of anilines is 2. The highest BCUT2D eigenvalue weighted by atomic mass is 19.1. The van der Waals surface area contributed by atoms with E-state index in [9.17, 15) is 4.39 Å². The number of methoxy groups -OCH3 is 1. The highest BCUT2D eigenvalue weighted by Gasteiger charge is 2.15. The summed E-state index contributed by atoms with van der Waals surface area (Å²) in [4.78, 5) is 4.25. The topological polar surface area (TPSA) is 111 Å². The zero-order valence-corrected chi connectivity index (χ0v) is 19.0. The molecule has 180 valence electrons. The van der Waals surface area contributed by atoms with Gasteiger partial charge in [-0.25, -0.2) is 9.37 Å². The SMILES string of the molecule is COc1cc(-c2cnc(N)c(-c3ccc(N)cc3F)c2)ccc1OCCOCC1COCCO1. The van der Waals surface area contributed by atoms with Gasteiger partial charge >= 0.3 is 0 Å². The molecule has 4 N–H and O–H groups in total. The Labute approximate surface area is 197 Å². The van der Waals surface area contributed by atoms with Crippen LogP contribution in [0.5, 0.6) is 11.5 Å². The Morgan fingerprint density at radius 1 is 1.00 bits per heavy atom. The molecule has 0 radical (unpaired) electrons. The molecule has 8 nitrogen and oxygen atoms in total. The van der Waals surface area contributed by atoms with Gasteiger partial charge in [-0.2, -0.15) is 0 Å². The minimum Gasteiger partial charge on any atom is -0.493 e. The lowest BCUT2D eigenvalue weighted by Crippen LogP contribution is -2.32. The van der Waals surface area contributed by atoms with Crippen molar-refractivity contribution in [3.8, 4) is 33.8 Å². The normalized spacial score (nSPS) is 15.8. The zero-order valence-electron chi connectivity index (χ0n) is 19.0. The first kappa shape index (κ1) is 23.7. The number of hydrogen-bond donors (Lipinski definition) is 2. The van der Waals surface area contributed by atoms with Gasteiger partial charge in [-0.05, 0) is 42.0 Å². The van der Waals surface area contributed by atoms with Crippen molar-refractivity contribution in [3.05, 3.63) is 54.5 Å². The molecule has 2 heterocycles. The second kappa shape index (κ2) is 11.1. The van der Waals surface area contributed by atoms with Crippen LogP contribution in [0.1, 0.15) is 0 Å². The predicted octanol–water partition coefficient (Wildman–Crippen LogP) is 3.54. The Kier molecular flexibility index (Phi) is 7.79. The number of rotatable bonds is 9. The first-order valence-corrected chi connectivity index (χ1v) is 10.9. The quantitative estimate of drug-likeness (QED) is 0.362. The molecular weight excluding hydrogens is 441 g/mol. The van der Waals surface area contributed by atoms with Crippen molar-refractivity contribution in [1.82, 2.24) is 4.98 Å². The van der Waals surface area contributed by atoms with Crippen LogP contribution in [-0.4, -0.2) is 57.8 Å². The van der Waals surface area contributed by atoms with Crippen molar-refractivity contribution >= 4 is 11.5 Å². The van der Waals surface area contributed by atoms with Crippen molar-refractivity contribution in [2.24, 2.45) is 0 Å². The molecule has 3 aromatic rings. The van der Waals surface area contributed by atoms with Gasteiger partial charge in [0.05, 0.1) is 40.1 Å². The minimum absolute atomic E-state index is 0.0392. The van der Waals surface area contributed by atoms with E-state index in [0.717, 1.165) is 11.1 Å². The van der Waals surface area contributed by atoms with E-state index in [1.807, 2.05) is 18.2 Å². The molecule has 0 saturated carbocycles. The van der Waals surface area contributed by atoms with Crippen LogP contribution in [0.15, 0.2) is 48.7 Å². The third-order valence-corrected chi connectivity index (χ3v) is 5.37. The average Bonchev–Trinajstić information content (AvgIpc) is 2.85. The maximum atomic E-state index is 14.5. The largest absolute Gasteiger partial charge is 0.493 e. The summed E-state index contributed by atoms with van der Waals surface area (Å²) in [5.41, 5.74) is 14.4. The molecule has 0 amide bonds. The van der Waals surface area contributed by atoms with Gasteiger partial charge in [0, 0.05) is 28.6 Å². The summed E-state index contributed by atoms with van der Waals surface area (Å²) in [5, 5.41) is 0. The molecule has 1 saturated heterocycles. The second-order valence-electron chi connectivity index (χ2n) is 7.75. The number of nitrogen functional groups attached to an aromatic ring is 2. The van der Waals surface area contributed by atoms with E-state index in [-0.39, 0.29) is 11.9 Å². The second-order valence-corrected chi connectivity index (χ2v) is 7.75. The van der Waals surface area contributed by atoms with Gasteiger partial charge in [0.2, 0.25) is 0 Å². The number of benzene rings is 2. The van der Waals surface area contributed by atoms with Crippen molar-refractivity contribution in [2.75, 3.05) is 58.2 Å². The van der Waals surface area contributed by atoms with Gasteiger partial charge in [0.15, 0.2) is 11.5 Å². The molecule has 9 heteroatoms. The fourth-order valence-corrected chi connectivity index (χ4v) is 3.62. The Balaban J connectivity index is 1.43. The van der Waals surface area contributed by atoms with Crippen LogP contribution in [0.2, 0.25) is 0 Å². The van der Waals surface area contributed by atoms with Crippen LogP contribution in [0.4, 0.5) is 15.9 Å². The molecule has 1 aromatic heterocycles. The fourth-order valence-electron chi connectivity index (χ4n) is 3.62. The first-order chi connectivity index (χ1) is 16.5. The summed E-state index contributed by atoms with van der Waals surface area (Å²) < 4.78 is 42.3. The molecule has 1 aliphatic heterocycles. The molecule has 0 bridgehead atoms. The maximum Gasteiger partial charge on any atom is 0.161 e. The lowest BCUT2D eigenvalue weighted by atomic mass is 10.00. The van der Waals surface area contributed by atoms with Gasteiger partial charge in [-0.3, -0.25) is 0 Å². The Bertz CT molecular complexity index is 1120. The minimum atomic E-state index is -0.461. The highest BCUT2D eigenvalue weighted by Crippen LogP contribution is 2.36. The predicted molar refractivity (Wildman–Crippen MR) is 127 cm³/mol. The van der Waals surface area contributed by atoms with Gasteiger partial charge in [-0.15, -0.1) is 0 Å². The summed E-state index contributed by atoms with van der Waals surface area (Å²) in [6.45, 7) is 2.98. The van der Waals surface area contributed by atoms with Crippen molar-refractivity contribution < 1.29 is 28.1 Å². The first-order valence-electron chi connectivity index (χ1n) is 10.9. The van der Waals surface area contributed by atoms with Gasteiger partial charge in [0.25, 0.3) is 0 Å². The standard InChI is InChI=1S/C25H28FN3O5/c1-30-24-11-16(2-5-23(24)34-9-7-32-15-19-14-31-6-8-33-19)17-10-21(25(28)29-13-17)20-4-3-18(27)12-22(20)26/h2-5,10-13,19H,6-9,14-15,27H2,1H3,(H2,28,29). The number of ether oxygens (including phenoxy) is 5. The number of pyridine rings is 1. The van der Waals surface area contributed by atoms with E-state index in [1.54, 1.807) is 31.5 Å². The molecule has 1 fully saturated rings. The summed E-state index contributed by atoms with van der Waals surface area (Å²) in [5.74, 6) is 0.903. The van der Waals surface area contributed by atoms with Crippen LogP contribution in [-0.2, 0) is 14.2 Å². The number of halogens is 1. The molecule has 1 unspecified atom stereocenters. The number of hydrogen-bond acceptors (Lipinski definition) is 8. The fraction of sp³-hybridized carbons (Fsp3) is 0.320. The monoisotopic (exact) mass is 469 g/mol. The highest BCUT2D eigenvalue weighted by molar-refractivity contribution is 5.80. The summed E-state index contributed by atoms with van der Waals surface area (Å²) >= 11 is 0. The Morgan fingerprint density at radius 2 is 1.88 bits per heavy atom. The lowest BCUT2D eigenvalue weighted by molar-refractivity contribution is -0.116. The van der Waals surface area contributed by atoms with Crippen molar-refractivity contribution in [3.63, 3.8) is 0 Å². The van der Waals surface area contributed by atoms with Crippen LogP contribution >= 0.6 is 0 Å². The summed E-state index contributed by atoms with van der Waals surface area (Å²) in [6.07, 6.45) is 1.59. The summed E-state index contributed by atoms with van der Waals surface area (Å²) in [7, 11) is 1.57. The number of nitrogens with zero attached hydrogens (tertiary/aromatic N) is 1. The van der Waals surface area contributed by atoms with E-state index in [4.69, 9.17) is 35.2 Å². The molecular formula is C25H28FN3O5. The van der Waals surface area contributed by atoms with E-state index >= 15 is 0 Å². The van der Waals surface area contributed by atoms with Crippen molar-refractivity contribution in [2.45, 2.75) is 6.10 Å². The Hall–Kier alpha value is -3.40. The smallest absolute Gasteiger partial charge is 0.161 e. The number of aromatic nitrogens is 1. The van der Waals surface area contributed by atoms with Gasteiger partial charge < -0.3 is 35.2 Å². The Morgan fingerprint density at radius 3 is 2.65 bits per heavy atom.